The molecule has 2 N–H and O–H groups in total. The molecule has 1 aliphatic heterocycles. The maximum Gasteiger partial charge on any atom is 0.171 e. The van der Waals surface area contributed by atoms with Gasteiger partial charge in [0.05, 0.1) is 22.3 Å². The predicted molar refractivity (Wildman–Crippen MR) is 162 cm³/mol. The summed E-state index contributed by atoms with van der Waals surface area (Å²) in [6.45, 7) is 0. The molecule has 5 aromatic rings. The average Bonchev–Trinajstić information content (AvgIpc) is 3.60. The number of rotatable bonds is 4. The van der Waals surface area contributed by atoms with Crippen LogP contribution in [-0.4, -0.2) is 14.7 Å². The summed E-state index contributed by atoms with van der Waals surface area (Å²) in [4.78, 5) is 7.46. The van der Waals surface area contributed by atoms with Crippen molar-refractivity contribution in [2.24, 2.45) is 0 Å². The van der Waals surface area contributed by atoms with Gasteiger partial charge in [0.15, 0.2) is 5.11 Å². The van der Waals surface area contributed by atoms with Crippen LogP contribution in [0.5, 0.6) is 0 Å². The van der Waals surface area contributed by atoms with E-state index in [4.69, 9.17) is 28.8 Å². The lowest BCUT2D eigenvalue weighted by Gasteiger charge is -2.26. The Kier molecular flexibility index (Phi) is 6.03. The fraction of sp³-hybridized carbons (Fsp3) is 0.161. The van der Waals surface area contributed by atoms with E-state index in [1.54, 1.807) is 11.3 Å². The van der Waals surface area contributed by atoms with Crippen LogP contribution < -0.4 is 10.6 Å². The molecule has 0 radical (unpaired) electrons. The molecule has 3 aromatic heterocycles. The van der Waals surface area contributed by atoms with E-state index in [9.17, 15) is 0 Å². The summed E-state index contributed by atoms with van der Waals surface area (Å²) in [5.41, 5.74) is 8.38. The molecular weight excluding hydrogens is 528 g/mol. The van der Waals surface area contributed by atoms with E-state index < -0.39 is 0 Å². The number of thiocarbonyl (C=S) groups is 1. The Morgan fingerprint density at radius 2 is 1.71 bits per heavy atom. The van der Waals surface area contributed by atoms with Crippen LogP contribution in [0.25, 0.3) is 32.7 Å². The minimum Gasteiger partial charge on any atom is -0.352 e. The van der Waals surface area contributed by atoms with Crippen molar-refractivity contribution in [1.29, 1.82) is 0 Å². The third kappa shape index (κ3) is 4.13. The number of thiophene rings is 1. The summed E-state index contributed by atoms with van der Waals surface area (Å²) in [6, 6.07) is 22.8. The number of halogens is 1. The number of aryl methyl sites for hydroxylation is 1. The molecule has 0 bridgehead atoms. The lowest BCUT2D eigenvalue weighted by molar-refractivity contribution is 0.673. The third-order valence-corrected chi connectivity index (χ3v) is 8.94. The van der Waals surface area contributed by atoms with Crippen LogP contribution in [0.2, 0.25) is 5.02 Å². The van der Waals surface area contributed by atoms with Crippen LogP contribution in [0.3, 0.4) is 0 Å². The van der Waals surface area contributed by atoms with E-state index in [-0.39, 0.29) is 6.04 Å². The Hall–Kier alpha value is -3.45. The minimum absolute atomic E-state index is 0.0143. The number of fused-ring (bicyclic) bond motifs is 2. The maximum absolute atomic E-state index is 6.31. The first-order valence-electron chi connectivity index (χ1n) is 12.9. The first-order valence-corrected chi connectivity index (χ1v) is 14.5. The van der Waals surface area contributed by atoms with Crippen molar-refractivity contribution < 1.29 is 0 Å². The van der Waals surface area contributed by atoms with Gasteiger partial charge in [-0.3, -0.25) is 0 Å². The van der Waals surface area contributed by atoms with Crippen molar-refractivity contribution in [2.45, 2.75) is 31.7 Å². The lowest BCUT2D eigenvalue weighted by Crippen LogP contribution is -2.40. The highest BCUT2D eigenvalue weighted by Gasteiger charge is 2.28. The zero-order chi connectivity index (χ0) is 25.6. The Morgan fingerprint density at radius 3 is 2.50 bits per heavy atom. The van der Waals surface area contributed by atoms with Gasteiger partial charge in [-0.15, -0.1) is 11.3 Å². The second kappa shape index (κ2) is 9.70. The lowest BCUT2D eigenvalue weighted by atomic mass is 9.87. The van der Waals surface area contributed by atoms with Crippen molar-refractivity contribution in [1.82, 2.24) is 20.2 Å². The minimum atomic E-state index is -0.0143. The second-order valence-electron chi connectivity index (χ2n) is 9.74. The first-order chi connectivity index (χ1) is 18.7. The maximum atomic E-state index is 6.31. The molecule has 4 nitrogen and oxygen atoms in total. The Bertz CT molecular complexity index is 1690. The Morgan fingerprint density at radius 1 is 0.947 bits per heavy atom. The molecule has 7 heteroatoms. The topological polar surface area (TPSA) is 41.9 Å². The van der Waals surface area contributed by atoms with Gasteiger partial charge in [-0.1, -0.05) is 54.1 Å². The number of aromatic nitrogens is 2. The van der Waals surface area contributed by atoms with Gasteiger partial charge in [-0.2, -0.15) is 0 Å². The molecule has 0 amide bonds. The molecule has 4 heterocycles. The summed E-state index contributed by atoms with van der Waals surface area (Å²) in [7, 11) is 0. The van der Waals surface area contributed by atoms with E-state index in [2.05, 4.69) is 82.2 Å². The normalized spacial score (nSPS) is 17.0. The zero-order valence-corrected chi connectivity index (χ0v) is 23.0. The van der Waals surface area contributed by atoms with Crippen molar-refractivity contribution in [2.75, 3.05) is 0 Å². The van der Waals surface area contributed by atoms with Crippen molar-refractivity contribution in [3.05, 3.63) is 112 Å². The molecule has 7 rings (SSSR count). The van der Waals surface area contributed by atoms with E-state index in [0.29, 0.717) is 5.11 Å². The fourth-order valence-corrected chi connectivity index (χ4v) is 7.19. The highest BCUT2D eigenvalue weighted by molar-refractivity contribution is 7.80. The summed E-state index contributed by atoms with van der Waals surface area (Å²) in [5, 5.41) is 9.44. The number of benzene rings is 2. The van der Waals surface area contributed by atoms with Gasteiger partial charge >= 0.3 is 0 Å². The van der Waals surface area contributed by atoms with Gasteiger partial charge in [0, 0.05) is 28.5 Å². The summed E-state index contributed by atoms with van der Waals surface area (Å²) >= 11 is 13.7. The number of hydrogen-bond acceptors (Lipinski definition) is 3. The fourth-order valence-electron chi connectivity index (χ4n) is 5.64. The summed E-state index contributed by atoms with van der Waals surface area (Å²) in [5.74, 6) is 0. The van der Waals surface area contributed by atoms with Crippen molar-refractivity contribution in [3.8, 4) is 16.8 Å². The van der Waals surface area contributed by atoms with Crippen LogP contribution in [0.1, 0.15) is 40.6 Å². The monoisotopic (exact) mass is 552 g/mol. The van der Waals surface area contributed by atoms with Crippen LogP contribution in [0.4, 0.5) is 0 Å². The van der Waals surface area contributed by atoms with Crippen LogP contribution in [0, 0.1) is 0 Å². The van der Waals surface area contributed by atoms with Gasteiger partial charge < -0.3 is 15.2 Å². The standard InChI is InChI=1S/C31H25ClN4S2/c32-21-14-12-20(13-15-21)26-22-10-4-5-11-23(22)33-30-27(26)28(36-16-6-7-17-36)29(38-30)25-18-24(34-31(37)35-25)19-8-2-1-3-9-19/h1-3,6-9,12-18,24H,4-5,10-11H2,(H2,34,35,37). The summed E-state index contributed by atoms with van der Waals surface area (Å²) < 4.78 is 2.22. The average molecular weight is 553 g/mol. The molecule has 0 saturated heterocycles. The molecule has 0 saturated carbocycles. The molecule has 2 aromatic carbocycles. The smallest absolute Gasteiger partial charge is 0.171 e. The van der Waals surface area contributed by atoms with Gasteiger partial charge in [-0.25, -0.2) is 4.98 Å². The van der Waals surface area contributed by atoms with Crippen molar-refractivity contribution in [3.63, 3.8) is 0 Å². The van der Waals surface area contributed by atoms with E-state index >= 15 is 0 Å². The number of nitrogens with zero attached hydrogens (tertiary/aromatic N) is 2. The molecule has 1 aliphatic carbocycles. The third-order valence-electron chi connectivity index (χ3n) is 7.36. The van der Waals surface area contributed by atoms with Crippen LogP contribution >= 0.6 is 35.2 Å². The molecule has 1 unspecified atom stereocenters. The molecule has 188 valence electrons. The highest BCUT2D eigenvalue weighted by Crippen LogP contribution is 2.46. The van der Waals surface area contributed by atoms with Gasteiger partial charge in [-0.05, 0) is 90.5 Å². The van der Waals surface area contributed by atoms with Crippen LogP contribution in [0.15, 0.2) is 85.2 Å². The van der Waals surface area contributed by atoms with E-state index in [0.717, 1.165) is 39.0 Å². The molecule has 0 fully saturated rings. The Balaban J connectivity index is 1.52. The van der Waals surface area contributed by atoms with E-state index in [1.807, 2.05) is 18.2 Å². The number of pyridine rings is 1. The molecule has 1 atom stereocenters. The van der Waals surface area contributed by atoms with Crippen LogP contribution in [-0.2, 0) is 12.8 Å². The molecular formula is C31H25ClN4S2. The quantitative estimate of drug-likeness (QED) is 0.223. The number of hydrogen-bond donors (Lipinski definition) is 2. The molecule has 0 spiro atoms. The zero-order valence-electron chi connectivity index (χ0n) is 20.6. The SMILES string of the molecule is S=C1NC(c2sc3nc4c(c(-c5ccc(Cl)cc5)c3c2-n2cccc2)CCCC4)=CC(c2ccccc2)N1. The number of nitrogens with one attached hydrogen (secondary N) is 2. The highest BCUT2D eigenvalue weighted by atomic mass is 35.5. The predicted octanol–water partition coefficient (Wildman–Crippen LogP) is 7.85. The molecule has 2 aliphatic rings. The first kappa shape index (κ1) is 23.7. The van der Waals surface area contributed by atoms with Gasteiger partial charge in [0.2, 0.25) is 0 Å². The van der Waals surface area contributed by atoms with Gasteiger partial charge in [0.1, 0.15) is 4.83 Å². The Labute approximate surface area is 236 Å². The largest absolute Gasteiger partial charge is 0.352 e. The second-order valence-corrected chi connectivity index (χ2v) is 11.6. The van der Waals surface area contributed by atoms with E-state index in [1.165, 1.54) is 46.2 Å². The molecule has 38 heavy (non-hydrogen) atoms. The van der Waals surface area contributed by atoms with Gasteiger partial charge in [0.25, 0.3) is 0 Å². The summed E-state index contributed by atoms with van der Waals surface area (Å²) in [6.07, 6.45) is 10.9. The van der Waals surface area contributed by atoms with Crippen molar-refractivity contribution >= 4 is 56.2 Å².